The Kier molecular flexibility index (Phi) is 4.91. The third kappa shape index (κ3) is 3.96. The SMILES string of the molecule is O=C(N1CCOCC1)N1CCN(Cc2nccn2C2CC2)C[C@H](O)C1. The number of β-amino-alcohol motifs (C(OH)–C–C–N with tert-alkyl or cyclic N) is 1. The molecule has 8 heteroatoms. The Bertz CT molecular complexity index is 597. The molecule has 1 N–H and O–H groups in total. The van der Waals surface area contributed by atoms with E-state index in [1.807, 2.05) is 11.1 Å². The zero-order valence-electron chi connectivity index (χ0n) is 14.6. The predicted octanol–water partition coefficient (Wildman–Crippen LogP) is 0.149. The van der Waals surface area contributed by atoms with Gasteiger partial charge in [-0.25, -0.2) is 9.78 Å². The number of urea groups is 1. The van der Waals surface area contributed by atoms with Crippen molar-refractivity contribution in [2.45, 2.75) is 31.5 Å². The van der Waals surface area contributed by atoms with Crippen molar-refractivity contribution >= 4 is 6.03 Å². The average Bonchev–Trinajstić information content (AvgIpc) is 3.40. The molecule has 2 amide bonds. The second-order valence-electron chi connectivity index (χ2n) is 7.20. The number of nitrogens with zero attached hydrogens (tertiary/aromatic N) is 5. The summed E-state index contributed by atoms with van der Waals surface area (Å²) < 4.78 is 7.57. The molecular formula is C17H27N5O3. The number of aliphatic hydroxyl groups excluding tert-OH is 1. The van der Waals surface area contributed by atoms with Crippen LogP contribution in [0.1, 0.15) is 24.7 Å². The Morgan fingerprint density at radius 3 is 2.72 bits per heavy atom. The molecule has 0 unspecified atom stereocenters. The summed E-state index contributed by atoms with van der Waals surface area (Å²) in [5, 5.41) is 10.4. The highest BCUT2D eigenvalue weighted by atomic mass is 16.5. The largest absolute Gasteiger partial charge is 0.390 e. The lowest BCUT2D eigenvalue weighted by molar-refractivity contribution is 0.0398. The average molecular weight is 349 g/mol. The van der Waals surface area contributed by atoms with E-state index in [4.69, 9.17) is 4.74 Å². The van der Waals surface area contributed by atoms with E-state index >= 15 is 0 Å². The van der Waals surface area contributed by atoms with Gasteiger partial charge in [0.2, 0.25) is 0 Å². The summed E-state index contributed by atoms with van der Waals surface area (Å²) in [6, 6.07) is 0.623. The lowest BCUT2D eigenvalue weighted by atomic mass is 10.3. The van der Waals surface area contributed by atoms with E-state index in [0.29, 0.717) is 52.0 Å². The summed E-state index contributed by atoms with van der Waals surface area (Å²) in [6.45, 7) is 5.54. The van der Waals surface area contributed by atoms with Gasteiger partial charge in [-0.05, 0) is 12.8 Å². The molecule has 1 aliphatic carbocycles. The zero-order valence-corrected chi connectivity index (χ0v) is 14.6. The minimum atomic E-state index is -0.531. The highest BCUT2D eigenvalue weighted by Crippen LogP contribution is 2.35. The molecule has 2 aliphatic heterocycles. The Labute approximate surface area is 148 Å². The number of rotatable bonds is 3. The standard InChI is InChI=1S/C17H27N5O3/c23-15-11-19(13-16-18-3-4-22(16)14-1-2-14)5-6-21(12-15)17(24)20-7-9-25-10-8-20/h3-4,14-15,23H,1-2,5-13H2/t15-/m0/s1. The van der Waals surface area contributed by atoms with Crippen LogP contribution < -0.4 is 0 Å². The number of morpholine rings is 1. The molecule has 8 nitrogen and oxygen atoms in total. The molecule has 0 bridgehead atoms. The van der Waals surface area contributed by atoms with Gasteiger partial charge in [0.1, 0.15) is 5.82 Å². The van der Waals surface area contributed by atoms with E-state index in [1.165, 1.54) is 12.8 Å². The summed E-state index contributed by atoms with van der Waals surface area (Å²) in [4.78, 5) is 23.0. The number of hydrogen-bond donors (Lipinski definition) is 1. The van der Waals surface area contributed by atoms with Crippen LogP contribution in [0.5, 0.6) is 0 Å². The summed E-state index contributed by atoms with van der Waals surface area (Å²) in [5.41, 5.74) is 0. The predicted molar refractivity (Wildman–Crippen MR) is 91.1 cm³/mol. The van der Waals surface area contributed by atoms with Crippen LogP contribution >= 0.6 is 0 Å². The Morgan fingerprint density at radius 2 is 1.96 bits per heavy atom. The van der Waals surface area contributed by atoms with Gasteiger partial charge < -0.3 is 24.2 Å². The van der Waals surface area contributed by atoms with Gasteiger partial charge in [0.25, 0.3) is 0 Å². The minimum absolute atomic E-state index is 0.0173. The first kappa shape index (κ1) is 16.8. The number of carbonyl (C=O) groups is 1. The molecule has 1 saturated carbocycles. The van der Waals surface area contributed by atoms with Crippen molar-refractivity contribution in [2.24, 2.45) is 0 Å². The maximum absolute atomic E-state index is 12.7. The number of aromatic nitrogens is 2. The fraction of sp³-hybridized carbons (Fsp3) is 0.765. The van der Waals surface area contributed by atoms with Crippen molar-refractivity contribution in [1.29, 1.82) is 0 Å². The van der Waals surface area contributed by atoms with Gasteiger partial charge in [-0.1, -0.05) is 0 Å². The third-order valence-corrected chi connectivity index (χ3v) is 5.19. The van der Waals surface area contributed by atoms with Crippen molar-refractivity contribution in [3.63, 3.8) is 0 Å². The first-order valence-electron chi connectivity index (χ1n) is 9.24. The Balaban J connectivity index is 1.37. The summed E-state index contributed by atoms with van der Waals surface area (Å²) in [7, 11) is 0. The van der Waals surface area contributed by atoms with Crippen LogP contribution in [0.4, 0.5) is 4.79 Å². The summed E-state index contributed by atoms with van der Waals surface area (Å²) >= 11 is 0. The first-order chi connectivity index (χ1) is 12.2. The molecule has 4 rings (SSSR count). The van der Waals surface area contributed by atoms with Crippen molar-refractivity contribution in [3.05, 3.63) is 18.2 Å². The highest BCUT2D eigenvalue weighted by Gasteiger charge is 2.30. The van der Waals surface area contributed by atoms with Gasteiger partial charge in [0.05, 0.1) is 25.9 Å². The van der Waals surface area contributed by atoms with Crippen molar-refractivity contribution in [2.75, 3.05) is 52.5 Å². The van der Waals surface area contributed by atoms with Gasteiger partial charge in [-0.3, -0.25) is 4.90 Å². The third-order valence-electron chi connectivity index (χ3n) is 5.19. The van der Waals surface area contributed by atoms with Gasteiger partial charge in [-0.2, -0.15) is 0 Å². The number of carbonyl (C=O) groups excluding carboxylic acids is 1. The normalized spacial score (nSPS) is 25.9. The lowest BCUT2D eigenvalue weighted by Gasteiger charge is -2.32. The zero-order chi connectivity index (χ0) is 17.2. The molecule has 3 heterocycles. The number of aliphatic hydroxyl groups is 1. The van der Waals surface area contributed by atoms with Gasteiger partial charge in [-0.15, -0.1) is 0 Å². The maximum atomic E-state index is 12.7. The van der Waals surface area contributed by atoms with Crippen LogP contribution in [-0.2, 0) is 11.3 Å². The molecule has 3 fully saturated rings. The molecule has 1 atom stereocenters. The smallest absolute Gasteiger partial charge is 0.320 e. The number of amides is 2. The molecular weight excluding hydrogens is 322 g/mol. The first-order valence-corrected chi connectivity index (χ1v) is 9.24. The second-order valence-corrected chi connectivity index (χ2v) is 7.20. The van der Waals surface area contributed by atoms with Gasteiger partial charge in [0.15, 0.2) is 0 Å². The van der Waals surface area contributed by atoms with Crippen LogP contribution in [0.3, 0.4) is 0 Å². The topological polar surface area (TPSA) is 74.1 Å². The number of hydrogen-bond acceptors (Lipinski definition) is 5. The van der Waals surface area contributed by atoms with Crippen LogP contribution in [0.2, 0.25) is 0 Å². The monoisotopic (exact) mass is 349 g/mol. The van der Waals surface area contributed by atoms with Crippen molar-refractivity contribution < 1.29 is 14.6 Å². The van der Waals surface area contributed by atoms with E-state index in [-0.39, 0.29) is 6.03 Å². The van der Waals surface area contributed by atoms with Crippen LogP contribution in [0.25, 0.3) is 0 Å². The highest BCUT2D eigenvalue weighted by molar-refractivity contribution is 5.74. The second kappa shape index (κ2) is 7.31. The van der Waals surface area contributed by atoms with Crippen LogP contribution in [-0.4, -0.2) is 94.0 Å². The molecule has 25 heavy (non-hydrogen) atoms. The van der Waals surface area contributed by atoms with Crippen LogP contribution in [0, 0.1) is 0 Å². The van der Waals surface area contributed by atoms with E-state index in [9.17, 15) is 9.90 Å². The summed E-state index contributed by atoms with van der Waals surface area (Å²) in [6.07, 6.45) is 5.84. The molecule has 0 radical (unpaired) electrons. The fourth-order valence-electron chi connectivity index (χ4n) is 3.68. The molecule has 0 aromatic carbocycles. The summed E-state index contributed by atoms with van der Waals surface area (Å²) in [5.74, 6) is 1.06. The van der Waals surface area contributed by atoms with E-state index in [1.54, 1.807) is 4.90 Å². The van der Waals surface area contributed by atoms with E-state index in [2.05, 4.69) is 20.6 Å². The maximum Gasteiger partial charge on any atom is 0.320 e. The Hall–Kier alpha value is -1.64. The molecule has 1 aromatic heterocycles. The van der Waals surface area contributed by atoms with E-state index < -0.39 is 6.10 Å². The Morgan fingerprint density at radius 1 is 1.16 bits per heavy atom. The number of imidazole rings is 1. The molecule has 138 valence electrons. The molecule has 0 spiro atoms. The van der Waals surface area contributed by atoms with E-state index in [0.717, 1.165) is 18.9 Å². The number of ether oxygens (including phenoxy) is 1. The van der Waals surface area contributed by atoms with Gasteiger partial charge in [0, 0.05) is 57.7 Å². The van der Waals surface area contributed by atoms with Crippen molar-refractivity contribution in [3.8, 4) is 0 Å². The molecule has 2 saturated heterocycles. The quantitative estimate of drug-likeness (QED) is 0.841. The van der Waals surface area contributed by atoms with Crippen molar-refractivity contribution in [1.82, 2.24) is 24.3 Å². The lowest BCUT2D eigenvalue weighted by Crippen LogP contribution is -2.50. The minimum Gasteiger partial charge on any atom is -0.390 e. The van der Waals surface area contributed by atoms with Gasteiger partial charge >= 0.3 is 6.03 Å². The van der Waals surface area contributed by atoms with Crippen LogP contribution in [0.15, 0.2) is 12.4 Å². The molecule has 1 aromatic rings. The molecule has 3 aliphatic rings. The fourth-order valence-corrected chi connectivity index (χ4v) is 3.68.